The number of methoxy groups -OCH3 is 1. The van der Waals surface area contributed by atoms with Crippen molar-refractivity contribution < 1.29 is 32.5 Å². The van der Waals surface area contributed by atoms with Gasteiger partial charge in [-0.1, -0.05) is 0 Å². The molecule has 1 aromatic heterocycles. The zero-order chi connectivity index (χ0) is 13.9. The van der Waals surface area contributed by atoms with Crippen LogP contribution in [0.5, 0.6) is 11.5 Å². The molecule has 1 heterocycles. The minimum Gasteiger partial charge on any atom is -0.491 e. The van der Waals surface area contributed by atoms with Crippen molar-refractivity contribution in [1.29, 1.82) is 0 Å². The Hall–Kier alpha value is -1.70. The number of rotatable bonds is 4. The number of aromatic carboxylic acids is 1. The molecule has 100 valence electrons. The summed E-state index contributed by atoms with van der Waals surface area (Å²) in [6.45, 7) is 0. The van der Waals surface area contributed by atoms with Crippen molar-refractivity contribution in [3.63, 3.8) is 0 Å². The highest BCUT2D eigenvalue weighted by Gasteiger charge is 2.34. The van der Waals surface area contributed by atoms with Crippen molar-refractivity contribution in [3.05, 3.63) is 17.5 Å². The number of hydrogen-bond acceptors (Lipinski definition) is 4. The van der Waals surface area contributed by atoms with E-state index in [1.807, 2.05) is 0 Å². The first-order valence-corrected chi connectivity index (χ1v) is 4.95. The van der Waals surface area contributed by atoms with Crippen molar-refractivity contribution >= 4 is 17.6 Å². The van der Waals surface area contributed by atoms with Crippen LogP contribution < -0.4 is 9.47 Å². The molecule has 0 spiro atoms. The number of carboxylic acid groups (broad SMARTS) is 1. The topological polar surface area (TPSA) is 68.7 Å². The van der Waals surface area contributed by atoms with Crippen LogP contribution in [0.15, 0.2) is 6.07 Å². The van der Waals surface area contributed by atoms with Gasteiger partial charge in [0.05, 0.1) is 18.7 Å². The van der Waals surface area contributed by atoms with Crippen LogP contribution in [-0.4, -0.2) is 29.5 Å². The highest BCUT2D eigenvalue weighted by molar-refractivity contribution is 6.17. The maximum absolute atomic E-state index is 12.1. The van der Waals surface area contributed by atoms with Crippen LogP contribution in [-0.2, 0) is 5.88 Å². The molecule has 5 nitrogen and oxygen atoms in total. The van der Waals surface area contributed by atoms with Gasteiger partial charge in [-0.15, -0.1) is 24.8 Å². The third-order valence-corrected chi connectivity index (χ3v) is 2.04. The summed E-state index contributed by atoms with van der Waals surface area (Å²) in [4.78, 5) is 14.4. The molecule has 0 aliphatic rings. The lowest BCUT2D eigenvalue weighted by atomic mass is 10.2. The van der Waals surface area contributed by atoms with Gasteiger partial charge in [-0.3, -0.25) is 0 Å². The van der Waals surface area contributed by atoms with Gasteiger partial charge in [0, 0.05) is 6.07 Å². The molecular weight excluding hydrogens is 279 g/mol. The molecule has 0 saturated carbocycles. The minimum atomic E-state index is -4.98. The van der Waals surface area contributed by atoms with E-state index in [4.69, 9.17) is 16.7 Å². The quantitative estimate of drug-likeness (QED) is 0.861. The van der Waals surface area contributed by atoms with Gasteiger partial charge in [0.2, 0.25) is 0 Å². The van der Waals surface area contributed by atoms with Crippen LogP contribution in [0.3, 0.4) is 0 Å². The van der Waals surface area contributed by atoms with Gasteiger partial charge in [0.1, 0.15) is 0 Å². The summed E-state index contributed by atoms with van der Waals surface area (Å²) < 4.78 is 44.7. The van der Waals surface area contributed by atoms with Gasteiger partial charge >= 0.3 is 12.3 Å². The Bertz CT molecular complexity index is 464. The van der Waals surface area contributed by atoms with Gasteiger partial charge < -0.3 is 14.6 Å². The Kier molecular flexibility index (Phi) is 4.23. The molecule has 0 aromatic carbocycles. The highest BCUT2D eigenvalue weighted by Crippen LogP contribution is 2.35. The Labute approximate surface area is 104 Å². The van der Waals surface area contributed by atoms with Gasteiger partial charge in [-0.2, -0.15) is 0 Å². The third-order valence-electron chi connectivity index (χ3n) is 1.76. The van der Waals surface area contributed by atoms with Crippen LogP contribution in [0.4, 0.5) is 13.2 Å². The van der Waals surface area contributed by atoms with Gasteiger partial charge in [-0.25, -0.2) is 9.78 Å². The van der Waals surface area contributed by atoms with Crippen molar-refractivity contribution in [3.8, 4) is 11.5 Å². The molecule has 0 amide bonds. The van der Waals surface area contributed by atoms with Crippen LogP contribution in [0.1, 0.15) is 16.2 Å². The lowest BCUT2D eigenvalue weighted by molar-refractivity contribution is -0.275. The molecule has 0 bridgehead atoms. The van der Waals surface area contributed by atoms with Crippen molar-refractivity contribution in [2.75, 3.05) is 7.11 Å². The summed E-state index contributed by atoms with van der Waals surface area (Å²) >= 11 is 5.41. The maximum Gasteiger partial charge on any atom is 0.573 e. The Balaban J connectivity index is 3.37. The molecule has 1 N–H and O–H groups in total. The highest BCUT2D eigenvalue weighted by atomic mass is 35.5. The first-order valence-electron chi connectivity index (χ1n) is 4.41. The summed E-state index contributed by atoms with van der Waals surface area (Å²) in [5, 5.41) is 8.82. The summed E-state index contributed by atoms with van der Waals surface area (Å²) in [7, 11) is 1.01. The fraction of sp³-hybridized carbons (Fsp3) is 0.333. The van der Waals surface area contributed by atoms with Gasteiger partial charge in [-0.05, 0) is 0 Å². The lowest BCUT2D eigenvalue weighted by Crippen LogP contribution is -2.19. The summed E-state index contributed by atoms with van der Waals surface area (Å²) in [5.41, 5.74) is -0.774. The molecule has 1 aromatic rings. The molecule has 0 radical (unpaired) electrons. The van der Waals surface area contributed by atoms with E-state index in [1.54, 1.807) is 0 Å². The second kappa shape index (κ2) is 5.30. The van der Waals surface area contributed by atoms with Crippen molar-refractivity contribution in [2.24, 2.45) is 0 Å². The number of alkyl halides is 4. The molecule has 0 aliphatic carbocycles. The minimum absolute atomic E-state index is 0.0749. The average molecular weight is 286 g/mol. The number of halogens is 4. The Morgan fingerprint density at radius 3 is 2.56 bits per heavy atom. The number of aromatic nitrogens is 1. The molecule has 0 atom stereocenters. The number of carbonyl (C=O) groups is 1. The fourth-order valence-electron chi connectivity index (χ4n) is 1.17. The first kappa shape index (κ1) is 14.4. The molecule has 1 rings (SSSR count). The molecule has 0 unspecified atom stereocenters. The van der Waals surface area contributed by atoms with E-state index < -0.39 is 29.5 Å². The van der Waals surface area contributed by atoms with E-state index in [9.17, 15) is 18.0 Å². The largest absolute Gasteiger partial charge is 0.573 e. The standard InChI is InChI=1S/C9H7ClF3NO4/c1-17-7-5(18-9(11,12)13)2-4(3-10)14-6(7)8(15)16/h2H,3H2,1H3,(H,15,16). The van der Waals surface area contributed by atoms with Crippen LogP contribution >= 0.6 is 11.6 Å². The molecule has 18 heavy (non-hydrogen) atoms. The van der Waals surface area contributed by atoms with E-state index in [-0.39, 0.29) is 11.6 Å². The third kappa shape index (κ3) is 3.39. The Morgan fingerprint density at radius 1 is 1.56 bits per heavy atom. The van der Waals surface area contributed by atoms with Gasteiger partial charge in [0.15, 0.2) is 17.2 Å². The van der Waals surface area contributed by atoms with Crippen molar-refractivity contribution in [2.45, 2.75) is 12.2 Å². The second-order valence-electron chi connectivity index (χ2n) is 2.98. The lowest BCUT2D eigenvalue weighted by Gasteiger charge is -2.14. The molecule has 0 saturated heterocycles. The first-order chi connectivity index (χ1) is 8.28. The van der Waals surface area contributed by atoms with E-state index in [0.717, 1.165) is 13.2 Å². The maximum atomic E-state index is 12.1. The fourth-order valence-corrected chi connectivity index (χ4v) is 1.31. The molecule has 9 heteroatoms. The second-order valence-corrected chi connectivity index (χ2v) is 3.25. The summed E-state index contributed by atoms with van der Waals surface area (Å²) in [6.07, 6.45) is -4.98. The van der Waals surface area contributed by atoms with Crippen LogP contribution in [0.2, 0.25) is 0 Å². The Morgan fingerprint density at radius 2 is 2.17 bits per heavy atom. The zero-order valence-electron chi connectivity index (χ0n) is 8.92. The number of pyridine rings is 1. The van der Waals surface area contributed by atoms with E-state index in [0.29, 0.717) is 0 Å². The predicted molar refractivity (Wildman–Crippen MR) is 54.0 cm³/mol. The monoisotopic (exact) mass is 285 g/mol. The number of ether oxygens (including phenoxy) is 2. The van der Waals surface area contributed by atoms with Crippen LogP contribution in [0, 0.1) is 0 Å². The molecular formula is C9H7ClF3NO4. The molecule has 0 aliphatic heterocycles. The SMILES string of the molecule is COc1c(OC(F)(F)F)cc(CCl)nc1C(=O)O. The van der Waals surface area contributed by atoms with E-state index in [2.05, 4.69) is 14.5 Å². The summed E-state index contributed by atoms with van der Waals surface area (Å²) in [6, 6.07) is 0.867. The average Bonchev–Trinajstić information content (AvgIpc) is 2.25. The predicted octanol–water partition coefficient (Wildman–Crippen LogP) is 2.43. The molecule has 0 fully saturated rings. The zero-order valence-corrected chi connectivity index (χ0v) is 9.67. The van der Waals surface area contributed by atoms with E-state index in [1.165, 1.54) is 0 Å². The number of hydrogen-bond donors (Lipinski definition) is 1. The van der Waals surface area contributed by atoms with Crippen LogP contribution in [0.25, 0.3) is 0 Å². The van der Waals surface area contributed by atoms with Gasteiger partial charge in [0.25, 0.3) is 0 Å². The number of carboxylic acids is 1. The summed E-state index contributed by atoms with van der Waals surface area (Å²) in [5.74, 6) is -3.23. The normalized spacial score (nSPS) is 11.2. The van der Waals surface area contributed by atoms with Crippen molar-refractivity contribution in [1.82, 2.24) is 4.98 Å². The van der Waals surface area contributed by atoms with E-state index >= 15 is 0 Å². The number of nitrogens with zero attached hydrogens (tertiary/aromatic N) is 1. The smallest absolute Gasteiger partial charge is 0.491 e.